The number of anilines is 1. The van der Waals surface area contributed by atoms with E-state index in [2.05, 4.69) is 4.98 Å². The third-order valence-electron chi connectivity index (χ3n) is 8.26. The Balaban J connectivity index is 1.47. The monoisotopic (exact) mass is 710 g/mol. The van der Waals surface area contributed by atoms with Crippen molar-refractivity contribution in [3.8, 4) is 17.2 Å². The van der Waals surface area contributed by atoms with Gasteiger partial charge < -0.3 is 24.1 Å². The number of carbonyl (C=O) groups excluding carboxylic acids is 1. The molecule has 1 atom stereocenters. The molecular weight excluding hydrogens is 681 g/mol. The number of rotatable bonds is 11. The molecule has 0 saturated carbocycles. The topological polar surface area (TPSA) is 210 Å². The number of methoxy groups -OCH3 is 3. The number of hydrogen-bond acceptors (Lipinski definition) is 11. The van der Waals surface area contributed by atoms with Crippen LogP contribution in [0.1, 0.15) is 27.5 Å². The van der Waals surface area contributed by atoms with Crippen molar-refractivity contribution in [3.05, 3.63) is 93.7 Å². The van der Waals surface area contributed by atoms with Gasteiger partial charge in [-0.05, 0) is 40.8 Å². The molecule has 1 aliphatic rings. The number of H-pyrrole nitrogens is 1. The number of fused-ring (bicyclic) bond motifs is 4. The Labute approximate surface area is 280 Å². The second-order valence-electron chi connectivity index (χ2n) is 11.2. The summed E-state index contributed by atoms with van der Waals surface area (Å²) in [7, 11) is -4.02. The van der Waals surface area contributed by atoms with Crippen LogP contribution in [0.15, 0.2) is 71.6 Å². The number of non-ortho nitro benzene ring substituents is 1. The summed E-state index contributed by atoms with van der Waals surface area (Å²) in [6.07, 6.45) is 0. The minimum atomic E-state index is -4.24. The van der Waals surface area contributed by atoms with Crippen LogP contribution in [0.4, 0.5) is 11.4 Å². The third-order valence-corrected chi connectivity index (χ3v) is 10.4. The fourth-order valence-corrected chi connectivity index (χ4v) is 7.72. The molecule has 15 nitrogen and oxygen atoms in total. The van der Waals surface area contributed by atoms with Gasteiger partial charge >= 0.3 is 0 Å². The first-order chi connectivity index (χ1) is 23.3. The van der Waals surface area contributed by atoms with Crippen LogP contribution in [0.5, 0.6) is 17.2 Å². The number of nitro groups is 1. The van der Waals surface area contributed by atoms with Crippen LogP contribution in [0.25, 0.3) is 21.7 Å². The van der Waals surface area contributed by atoms with Crippen molar-refractivity contribution < 1.29 is 44.9 Å². The number of nitrogens with one attached hydrogen (secondary N) is 1. The van der Waals surface area contributed by atoms with Gasteiger partial charge in [-0.15, -0.1) is 0 Å². The summed E-state index contributed by atoms with van der Waals surface area (Å²) in [6, 6.07) is 16.4. The summed E-state index contributed by atoms with van der Waals surface area (Å²) in [5, 5.41) is 18.4. The van der Waals surface area contributed by atoms with Gasteiger partial charge in [-0.2, -0.15) is 8.42 Å². The predicted molar refractivity (Wildman–Crippen MR) is 179 cm³/mol. The summed E-state index contributed by atoms with van der Waals surface area (Å²) in [5.74, 6) is -0.876. The number of primary sulfonamides is 1. The smallest absolute Gasteiger partial charge is 0.279 e. The number of nitro benzene ring substituents is 1. The Hall–Kier alpha value is -5.23. The first kappa shape index (κ1) is 33.7. The lowest BCUT2D eigenvalue weighted by molar-refractivity contribution is -0.383. The van der Waals surface area contributed by atoms with Gasteiger partial charge in [0.05, 0.1) is 54.3 Å². The van der Waals surface area contributed by atoms with E-state index in [-0.39, 0.29) is 39.3 Å². The first-order valence-corrected chi connectivity index (χ1v) is 17.7. The molecule has 256 valence electrons. The number of aromatic amines is 1. The van der Waals surface area contributed by atoms with Gasteiger partial charge in [-0.3, -0.25) is 19.1 Å². The molecule has 0 fully saturated rings. The van der Waals surface area contributed by atoms with E-state index in [0.29, 0.717) is 33.5 Å². The van der Waals surface area contributed by atoms with Crippen molar-refractivity contribution in [1.82, 2.24) is 4.98 Å². The molecule has 6 rings (SSSR count). The molecule has 0 bridgehead atoms. The lowest BCUT2D eigenvalue weighted by Crippen LogP contribution is -2.31. The molecule has 0 radical (unpaired) electrons. The molecule has 0 aliphatic carbocycles. The van der Waals surface area contributed by atoms with Crippen molar-refractivity contribution in [3.63, 3.8) is 0 Å². The third kappa shape index (κ3) is 6.24. The summed E-state index contributed by atoms with van der Waals surface area (Å²) < 4.78 is 72.3. The highest BCUT2D eigenvalue weighted by atomic mass is 32.2. The van der Waals surface area contributed by atoms with E-state index >= 15 is 0 Å². The second-order valence-corrected chi connectivity index (χ2v) is 14.4. The molecule has 1 amide bonds. The van der Waals surface area contributed by atoms with Crippen molar-refractivity contribution in [1.29, 1.82) is 0 Å². The number of benzene rings is 4. The number of nitrogens with zero attached hydrogens (tertiary/aromatic N) is 2. The fraction of sp³-hybridized carbons (Fsp3) is 0.219. The Morgan fingerprint density at radius 3 is 2.31 bits per heavy atom. The van der Waals surface area contributed by atoms with E-state index in [4.69, 9.17) is 23.5 Å². The largest absolute Gasteiger partial charge is 0.493 e. The van der Waals surface area contributed by atoms with Gasteiger partial charge in [0.2, 0.25) is 15.8 Å². The zero-order valence-corrected chi connectivity index (χ0v) is 28.0. The van der Waals surface area contributed by atoms with Gasteiger partial charge in [0.1, 0.15) is 11.4 Å². The molecule has 3 N–H and O–H groups in total. The molecule has 5 aromatic rings. The van der Waals surface area contributed by atoms with Crippen LogP contribution < -0.4 is 24.2 Å². The SMILES string of the molecule is COc1cc2cc(C(=O)N3CC(COS(=O)(=O)Cc4ccccc4)c4c3cc([N+](=O)[O-])c3cc(S(N)(=O)=O)ccc43)[nH]c2c(OC)c1OC. The lowest BCUT2D eigenvalue weighted by atomic mass is 9.94. The number of sulfonamides is 1. The number of ether oxygens (including phenoxy) is 3. The van der Waals surface area contributed by atoms with Gasteiger partial charge in [0, 0.05) is 23.9 Å². The van der Waals surface area contributed by atoms with Gasteiger partial charge in [0.25, 0.3) is 21.7 Å². The van der Waals surface area contributed by atoms with E-state index in [1.165, 1.54) is 38.4 Å². The van der Waals surface area contributed by atoms with Crippen LogP contribution >= 0.6 is 0 Å². The molecule has 4 aromatic carbocycles. The molecule has 17 heteroatoms. The Kier molecular flexibility index (Phi) is 8.70. The van der Waals surface area contributed by atoms with Gasteiger partial charge in [-0.25, -0.2) is 13.6 Å². The van der Waals surface area contributed by atoms with Crippen molar-refractivity contribution in [2.45, 2.75) is 16.6 Å². The number of carbonyl (C=O) groups is 1. The zero-order valence-electron chi connectivity index (χ0n) is 26.3. The highest BCUT2D eigenvalue weighted by Gasteiger charge is 2.39. The minimum absolute atomic E-state index is 0.0590. The van der Waals surface area contributed by atoms with E-state index < -0.39 is 54.9 Å². The van der Waals surface area contributed by atoms with Crippen LogP contribution in [0.3, 0.4) is 0 Å². The zero-order chi connectivity index (χ0) is 35.2. The molecular formula is C32H30N4O11S2. The molecule has 1 aromatic heterocycles. The summed E-state index contributed by atoms with van der Waals surface area (Å²) in [5.41, 5.74) is 1.02. The Morgan fingerprint density at radius 2 is 1.67 bits per heavy atom. The highest BCUT2D eigenvalue weighted by molar-refractivity contribution is 7.89. The highest BCUT2D eigenvalue weighted by Crippen LogP contribution is 2.47. The molecule has 2 heterocycles. The van der Waals surface area contributed by atoms with Crippen molar-refractivity contribution in [2.24, 2.45) is 5.14 Å². The van der Waals surface area contributed by atoms with Gasteiger partial charge in [-0.1, -0.05) is 36.4 Å². The average molecular weight is 711 g/mol. The lowest BCUT2D eigenvalue weighted by Gasteiger charge is -2.17. The molecule has 0 spiro atoms. The normalized spacial score (nSPS) is 14.6. The van der Waals surface area contributed by atoms with E-state index in [1.807, 2.05) is 0 Å². The van der Waals surface area contributed by atoms with Crippen molar-refractivity contribution in [2.75, 3.05) is 39.4 Å². The number of aromatic nitrogens is 1. The maximum Gasteiger partial charge on any atom is 0.279 e. The van der Waals surface area contributed by atoms with E-state index in [1.54, 1.807) is 42.5 Å². The predicted octanol–water partition coefficient (Wildman–Crippen LogP) is 4.19. The van der Waals surface area contributed by atoms with Crippen LogP contribution in [0.2, 0.25) is 0 Å². The summed E-state index contributed by atoms with van der Waals surface area (Å²) >= 11 is 0. The first-order valence-electron chi connectivity index (χ1n) is 14.6. The summed E-state index contributed by atoms with van der Waals surface area (Å²) in [4.78, 5) is 29.9. The quantitative estimate of drug-likeness (QED) is 0.113. The fourth-order valence-electron chi connectivity index (χ4n) is 6.12. The molecule has 49 heavy (non-hydrogen) atoms. The van der Waals surface area contributed by atoms with Crippen LogP contribution in [0, 0.1) is 10.1 Å². The van der Waals surface area contributed by atoms with Crippen LogP contribution in [-0.4, -0.2) is 67.1 Å². The average Bonchev–Trinajstić information content (AvgIpc) is 3.67. The standard InChI is InChI=1S/C32H30N4O11S2/c1-44-27-12-19-11-24(34-29(19)31(46-3)30(27)45-2)32(37)35-15-20(16-47-48(40,41)17-18-7-5-4-6-8-18)28-22-10-9-21(49(33,42)43)13-23(22)25(36(38)39)14-26(28)35/h4-14,20,34H,15-17H2,1-3H3,(H2,33,42,43). The summed E-state index contributed by atoms with van der Waals surface area (Å²) in [6.45, 7) is -0.536. The van der Waals surface area contributed by atoms with Crippen LogP contribution in [-0.2, 0) is 30.1 Å². The minimum Gasteiger partial charge on any atom is -0.493 e. The number of amides is 1. The van der Waals surface area contributed by atoms with Gasteiger partial charge in [0.15, 0.2) is 11.5 Å². The molecule has 1 unspecified atom stereocenters. The Bertz CT molecular complexity index is 2360. The molecule has 1 aliphatic heterocycles. The second kappa shape index (κ2) is 12.7. The number of hydrogen-bond donors (Lipinski definition) is 2. The number of nitrogens with two attached hydrogens (primary N) is 1. The van der Waals surface area contributed by atoms with E-state index in [9.17, 15) is 31.7 Å². The van der Waals surface area contributed by atoms with E-state index in [0.717, 1.165) is 12.1 Å². The van der Waals surface area contributed by atoms with Crippen molar-refractivity contribution >= 4 is 59.1 Å². The maximum atomic E-state index is 14.2. The Morgan fingerprint density at radius 1 is 0.959 bits per heavy atom. The molecule has 0 saturated heterocycles. The maximum absolute atomic E-state index is 14.2.